The summed E-state index contributed by atoms with van der Waals surface area (Å²) >= 11 is 0. The van der Waals surface area contributed by atoms with E-state index in [1.54, 1.807) is 11.9 Å². The van der Waals surface area contributed by atoms with Gasteiger partial charge in [-0.25, -0.2) is 0 Å². The Labute approximate surface area is 60.0 Å². The van der Waals surface area contributed by atoms with E-state index in [2.05, 4.69) is 0 Å². The van der Waals surface area contributed by atoms with Gasteiger partial charge in [0.05, 0.1) is 6.42 Å². The molecular weight excluding hydrogens is 130 g/mol. The summed E-state index contributed by atoms with van der Waals surface area (Å²) in [6.07, 6.45) is 0.0949. The molecule has 0 aliphatic carbocycles. The Morgan fingerprint density at radius 1 is 1.50 bits per heavy atom. The lowest BCUT2D eigenvalue weighted by Crippen LogP contribution is -2.41. The SMILES string of the molecule is C[C@@H]1CN(C)C(=O)CC1=O. The van der Waals surface area contributed by atoms with Crippen LogP contribution in [-0.4, -0.2) is 30.2 Å². The fourth-order valence-corrected chi connectivity index (χ4v) is 1.07. The summed E-state index contributed by atoms with van der Waals surface area (Å²) in [5, 5.41) is 0. The Balaban J connectivity index is 2.63. The van der Waals surface area contributed by atoms with Crippen LogP contribution >= 0.6 is 0 Å². The highest BCUT2D eigenvalue weighted by atomic mass is 16.2. The quantitative estimate of drug-likeness (QED) is 0.447. The number of rotatable bonds is 0. The van der Waals surface area contributed by atoms with Crippen molar-refractivity contribution in [3.8, 4) is 0 Å². The van der Waals surface area contributed by atoms with E-state index in [1.807, 2.05) is 6.92 Å². The predicted molar refractivity (Wildman–Crippen MR) is 36.4 cm³/mol. The van der Waals surface area contributed by atoms with Crippen LogP contribution in [0.15, 0.2) is 0 Å². The van der Waals surface area contributed by atoms with Gasteiger partial charge in [0.2, 0.25) is 5.91 Å². The Hall–Kier alpha value is -0.860. The Morgan fingerprint density at radius 3 is 2.60 bits per heavy atom. The number of Topliss-reactive ketones (excluding diaryl/α,β-unsaturated/α-hetero) is 1. The van der Waals surface area contributed by atoms with Crippen molar-refractivity contribution in [1.29, 1.82) is 0 Å². The van der Waals surface area contributed by atoms with Crippen LogP contribution < -0.4 is 0 Å². The third kappa shape index (κ3) is 1.17. The first kappa shape index (κ1) is 7.25. The molecule has 1 atom stereocenters. The van der Waals surface area contributed by atoms with E-state index in [0.717, 1.165) is 0 Å². The maximum absolute atomic E-state index is 10.9. The molecule has 56 valence electrons. The van der Waals surface area contributed by atoms with Gasteiger partial charge in [-0.05, 0) is 0 Å². The molecule has 3 heteroatoms. The van der Waals surface area contributed by atoms with E-state index in [-0.39, 0.29) is 24.0 Å². The number of carbonyl (C=O) groups excluding carboxylic acids is 2. The van der Waals surface area contributed by atoms with Crippen molar-refractivity contribution in [3.63, 3.8) is 0 Å². The van der Waals surface area contributed by atoms with Gasteiger partial charge in [-0.1, -0.05) is 6.92 Å². The zero-order chi connectivity index (χ0) is 7.72. The molecule has 1 aliphatic rings. The molecule has 3 nitrogen and oxygen atoms in total. The molecule has 1 heterocycles. The minimum atomic E-state index is -0.0527. The summed E-state index contributed by atoms with van der Waals surface area (Å²) < 4.78 is 0. The molecule has 1 fully saturated rings. The zero-order valence-electron chi connectivity index (χ0n) is 6.26. The third-order valence-electron chi connectivity index (χ3n) is 1.85. The summed E-state index contributed by atoms with van der Waals surface area (Å²) in [4.78, 5) is 23.4. The summed E-state index contributed by atoms with van der Waals surface area (Å²) in [7, 11) is 1.73. The first-order valence-electron chi connectivity index (χ1n) is 3.38. The van der Waals surface area contributed by atoms with Crippen LogP contribution in [0.1, 0.15) is 13.3 Å². The Bertz CT molecular complexity index is 158. The standard InChI is InChI=1S/C7H11NO2/c1-5-4-8(2)7(10)3-6(5)9/h5H,3-4H2,1-2H3/t5-/m1/s1. The minimum Gasteiger partial charge on any atom is -0.345 e. The van der Waals surface area contributed by atoms with Gasteiger partial charge in [-0.3, -0.25) is 9.59 Å². The molecule has 0 aromatic carbocycles. The van der Waals surface area contributed by atoms with Gasteiger partial charge >= 0.3 is 0 Å². The van der Waals surface area contributed by atoms with Crippen LogP contribution in [0.2, 0.25) is 0 Å². The first-order chi connectivity index (χ1) is 4.61. The number of piperidine rings is 1. The van der Waals surface area contributed by atoms with Crippen molar-refractivity contribution in [2.24, 2.45) is 5.92 Å². The van der Waals surface area contributed by atoms with Gasteiger partial charge in [-0.2, -0.15) is 0 Å². The van der Waals surface area contributed by atoms with Crippen molar-refractivity contribution >= 4 is 11.7 Å². The summed E-state index contributed by atoms with van der Waals surface area (Å²) in [5.41, 5.74) is 0. The Morgan fingerprint density at radius 2 is 2.10 bits per heavy atom. The van der Waals surface area contributed by atoms with Gasteiger partial charge < -0.3 is 4.90 Å². The summed E-state index contributed by atoms with van der Waals surface area (Å²) in [6, 6.07) is 0. The fraction of sp³-hybridized carbons (Fsp3) is 0.714. The highest BCUT2D eigenvalue weighted by molar-refractivity contribution is 6.01. The maximum atomic E-state index is 10.9. The van der Waals surface area contributed by atoms with E-state index >= 15 is 0 Å². The van der Waals surface area contributed by atoms with E-state index in [1.165, 1.54) is 0 Å². The van der Waals surface area contributed by atoms with Gasteiger partial charge in [-0.15, -0.1) is 0 Å². The molecular formula is C7H11NO2. The monoisotopic (exact) mass is 141 g/mol. The second-order valence-electron chi connectivity index (χ2n) is 2.82. The lowest BCUT2D eigenvalue weighted by molar-refractivity contribution is -0.140. The highest BCUT2D eigenvalue weighted by Gasteiger charge is 2.26. The highest BCUT2D eigenvalue weighted by Crippen LogP contribution is 2.10. The predicted octanol–water partition coefficient (Wildman–Crippen LogP) is 0.0537. The second-order valence-corrected chi connectivity index (χ2v) is 2.82. The van der Waals surface area contributed by atoms with Crippen LogP contribution in [0.25, 0.3) is 0 Å². The molecule has 1 amide bonds. The lowest BCUT2D eigenvalue weighted by atomic mass is 9.99. The summed E-state index contributed by atoms with van der Waals surface area (Å²) in [5.74, 6) is 0.0499. The van der Waals surface area contributed by atoms with Crippen molar-refractivity contribution in [1.82, 2.24) is 4.90 Å². The molecule has 0 saturated carbocycles. The Kier molecular flexibility index (Phi) is 1.74. The van der Waals surface area contributed by atoms with Crippen LogP contribution in [-0.2, 0) is 9.59 Å². The number of ketones is 1. The molecule has 10 heavy (non-hydrogen) atoms. The van der Waals surface area contributed by atoms with Crippen molar-refractivity contribution in [2.75, 3.05) is 13.6 Å². The van der Waals surface area contributed by atoms with Crippen molar-refractivity contribution in [2.45, 2.75) is 13.3 Å². The second kappa shape index (κ2) is 2.40. The van der Waals surface area contributed by atoms with Gasteiger partial charge in [0, 0.05) is 19.5 Å². The summed E-state index contributed by atoms with van der Waals surface area (Å²) in [6.45, 7) is 2.43. The zero-order valence-corrected chi connectivity index (χ0v) is 6.26. The fourth-order valence-electron chi connectivity index (χ4n) is 1.07. The molecule has 0 spiro atoms. The van der Waals surface area contributed by atoms with E-state index in [0.29, 0.717) is 6.54 Å². The molecule has 0 aromatic rings. The van der Waals surface area contributed by atoms with E-state index in [9.17, 15) is 9.59 Å². The minimum absolute atomic E-state index is 0.0303. The molecule has 0 radical (unpaired) electrons. The van der Waals surface area contributed by atoms with Crippen molar-refractivity contribution in [3.05, 3.63) is 0 Å². The molecule has 0 unspecified atom stereocenters. The van der Waals surface area contributed by atoms with Gasteiger partial charge in [0.1, 0.15) is 5.78 Å². The largest absolute Gasteiger partial charge is 0.345 e. The van der Waals surface area contributed by atoms with Crippen LogP contribution in [0.5, 0.6) is 0 Å². The average Bonchev–Trinajstić information content (AvgIpc) is 1.84. The number of nitrogens with zero attached hydrogens (tertiary/aromatic N) is 1. The van der Waals surface area contributed by atoms with Crippen molar-refractivity contribution < 1.29 is 9.59 Å². The van der Waals surface area contributed by atoms with Gasteiger partial charge in [0.15, 0.2) is 0 Å². The molecule has 0 N–H and O–H groups in total. The van der Waals surface area contributed by atoms with E-state index in [4.69, 9.17) is 0 Å². The van der Waals surface area contributed by atoms with Crippen LogP contribution in [0, 0.1) is 5.92 Å². The number of amides is 1. The molecule has 1 saturated heterocycles. The lowest BCUT2D eigenvalue weighted by Gasteiger charge is -2.25. The van der Waals surface area contributed by atoms with Gasteiger partial charge in [0.25, 0.3) is 0 Å². The van der Waals surface area contributed by atoms with Crippen LogP contribution in [0.4, 0.5) is 0 Å². The number of hydrogen-bond donors (Lipinski definition) is 0. The molecule has 1 rings (SSSR count). The normalized spacial score (nSPS) is 27.4. The van der Waals surface area contributed by atoms with E-state index < -0.39 is 0 Å². The number of likely N-dealkylation sites (tertiary alicyclic amines) is 1. The third-order valence-corrected chi connectivity index (χ3v) is 1.85. The first-order valence-corrected chi connectivity index (χ1v) is 3.38. The number of hydrogen-bond acceptors (Lipinski definition) is 2. The topological polar surface area (TPSA) is 37.4 Å². The number of carbonyl (C=O) groups is 2. The van der Waals surface area contributed by atoms with Crippen LogP contribution in [0.3, 0.4) is 0 Å². The molecule has 0 bridgehead atoms. The maximum Gasteiger partial charge on any atom is 0.229 e. The molecule has 0 aromatic heterocycles. The molecule has 1 aliphatic heterocycles. The smallest absolute Gasteiger partial charge is 0.229 e. The average molecular weight is 141 g/mol.